The van der Waals surface area contributed by atoms with Gasteiger partial charge >= 0.3 is 5.97 Å². The molecule has 0 spiro atoms. The van der Waals surface area contributed by atoms with Gasteiger partial charge < -0.3 is 13.9 Å². The highest BCUT2D eigenvalue weighted by Gasteiger charge is 2.19. The maximum atomic E-state index is 12.4. The van der Waals surface area contributed by atoms with Gasteiger partial charge in [0.1, 0.15) is 22.9 Å². The van der Waals surface area contributed by atoms with Crippen LogP contribution in [0.2, 0.25) is 0 Å². The number of esters is 1. The van der Waals surface area contributed by atoms with Crippen LogP contribution < -0.4 is 4.74 Å². The van der Waals surface area contributed by atoms with Crippen molar-refractivity contribution >= 4 is 28.3 Å². The van der Waals surface area contributed by atoms with Crippen molar-refractivity contribution in [3.8, 4) is 16.3 Å². The van der Waals surface area contributed by atoms with Crippen molar-refractivity contribution in [2.24, 2.45) is 0 Å². The zero-order chi connectivity index (χ0) is 18.8. The van der Waals surface area contributed by atoms with E-state index in [9.17, 15) is 4.79 Å². The van der Waals surface area contributed by atoms with E-state index in [1.807, 2.05) is 60.8 Å². The topological polar surface area (TPSA) is 61.6 Å². The zero-order valence-electron chi connectivity index (χ0n) is 14.9. The molecule has 4 aromatic rings. The summed E-state index contributed by atoms with van der Waals surface area (Å²) in [5.41, 5.74) is 3.05. The van der Waals surface area contributed by atoms with Gasteiger partial charge in [-0.05, 0) is 25.1 Å². The van der Waals surface area contributed by atoms with E-state index < -0.39 is 5.97 Å². The predicted octanol–water partition coefficient (Wildman–Crippen LogP) is 5.23. The molecule has 2 heterocycles. The Morgan fingerprint density at radius 3 is 2.74 bits per heavy atom. The maximum Gasteiger partial charge on any atom is 0.374 e. The fourth-order valence-electron chi connectivity index (χ4n) is 2.89. The smallest absolute Gasteiger partial charge is 0.374 e. The molecule has 0 unspecified atom stereocenters. The molecule has 0 saturated heterocycles. The van der Waals surface area contributed by atoms with Crippen LogP contribution >= 0.6 is 11.3 Å². The van der Waals surface area contributed by atoms with E-state index in [0.717, 1.165) is 27.3 Å². The van der Waals surface area contributed by atoms with Crippen molar-refractivity contribution < 1.29 is 18.7 Å². The number of fused-ring (bicyclic) bond motifs is 1. The number of aromatic nitrogens is 1. The van der Waals surface area contributed by atoms with E-state index in [1.54, 1.807) is 7.11 Å². The minimum atomic E-state index is -0.490. The van der Waals surface area contributed by atoms with Gasteiger partial charge in [-0.3, -0.25) is 0 Å². The van der Waals surface area contributed by atoms with E-state index in [1.165, 1.54) is 11.3 Å². The second kappa shape index (κ2) is 7.25. The molecule has 0 radical (unpaired) electrons. The highest BCUT2D eigenvalue weighted by atomic mass is 32.1. The fraction of sp³-hybridized carbons (Fsp3) is 0.143. The van der Waals surface area contributed by atoms with Crippen molar-refractivity contribution in [1.82, 2.24) is 4.98 Å². The second-order valence-corrected chi connectivity index (χ2v) is 6.83. The number of rotatable bonds is 5. The van der Waals surface area contributed by atoms with Crippen LogP contribution in [0.25, 0.3) is 21.5 Å². The minimum Gasteiger partial charge on any atom is -0.496 e. The number of carbonyl (C=O) groups excluding carboxylic acids is 1. The summed E-state index contributed by atoms with van der Waals surface area (Å²) < 4.78 is 16.4. The Morgan fingerprint density at radius 1 is 1.15 bits per heavy atom. The number of thiazole rings is 1. The van der Waals surface area contributed by atoms with Gasteiger partial charge in [0.05, 0.1) is 18.4 Å². The summed E-state index contributed by atoms with van der Waals surface area (Å²) in [6.07, 6.45) is 0. The van der Waals surface area contributed by atoms with Crippen LogP contribution in [0.15, 0.2) is 58.3 Å². The molecule has 136 valence electrons. The minimum absolute atomic E-state index is 0.0843. The maximum absolute atomic E-state index is 12.4. The van der Waals surface area contributed by atoms with Crippen LogP contribution in [-0.4, -0.2) is 18.1 Å². The molecule has 4 rings (SSSR count). The summed E-state index contributed by atoms with van der Waals surface area (Å²) in [6, 6.07) is 15.2. The van der Waals surface area contributed by atoms with Crippen LogP contribution in [0, 0.1) is 6.92 Å². The summed E-state index contributed by atoms with van der Waals surface area (Å²) in [7, 11) is 1.63. The molecular formula is C21H17NO4S. The summed E-state index contributed by atoms with van der Waals surface area (Å²) in [5, 5.41) is 3.61. The molecule has 0 aliphatic rings. The summed E-state index contributed by atoms with van der Waals surface area (Å²) in [4.78, 5) is 17.0. The molecule has 0 N–H and O–H groups in total. The number of para-hydroxylation sites is 2. The Bertz CT molecular complexity index is 1110. The number of furan rings is 1. The van der Waals surface area contributed by atoms with E-state index in [2.05, 4.69) is 4.98 Å². The standard InChI is InChI=1S/C21H17NO4S/c1-13-15-7-3-6-10-18(15)26-19(13)21(23)25-11-14-12-27-20(22-14)16-8-4-5-9-17(16)24-2/h3-10,12H,11H2,1-2H3. The fourth-order valence-corrected chi connectivity index (χ4v) is 3.73. The molecule has 6 heteroatoms. The van der Waals surface area contributed by atoms with Gasteiger partial charge in [0.25, 0.3) is 0 Å². The lowest BCUT2D eigenvalue weighted by Gasteiger charge is -2.04. The molecule has 2 aromatic carbocycles. The van der Waals surface area contributed by atoms with Crippen LogP contribution in [0.1, 0.15) is 21.8 Å². The van der Waals surface area contributed by atoms with Crippen molar-refractivity contribution in [2.75, 3.05) is 7.11 Å². The first-order chi connectivity index (χ1) is 13.2. The van der Waals surface area contributed by atoms with Gasteiger partial charge in [0, 0.05) is 16.3 Å². The van der Waals surface area contributed by atoms with Gasteiger partial charge in [-0.25, -0.2) is 9.78 Å². The Labute approximate surface area is 160 Å². The number of nitrogens with zero attached hydrogens (tertiary/aromatic N) is 1. The highest BCUT2D eigenvalue weighted by Crippen LogP contribution is 2.32. The number of benzene rings is 2. The van der Waals surface area contributed by atoms with E-state index in [4.69, 9.17) is 13.9 Å². The predicted molar refractivity (Wildman–Crippen MR) is 104 cm³/mol. The van der Waals surface area contributed by atoms with Crippen LogP contribution in [0.5, 0.6) is 5.75 Å². The number of hydrogen-bond donors (Lipinski definition) is 0. The SMILES string of the molecule is COc1ccccc1-c1nc(COC(=O)c2oc3ccccc3c2C)cs1. The molecule has 0 amide bonds. The Hall–Kier alpha value is -3.12. The number of hydrogen-bond acceptors (Lipinski definition) is 6. The average molecular weight is 379 g/mol. The Balaban J connectivity index is 1.50. The molecule has 0 aliphatic heterocycles. The lowest BCUT2D eigenvalue weighted by molar-refractivity contribution is 0.0433. The Morgan fingerprint density at radius 2 is 1.93 bits per heavy atom. The van der Waals surface area contributed by atoms with Gasteiger partial charge in [-0.2, -0.15) is 0 Å². The molecule has 2 aromatic heterocycles. The number of carbonyl (C=O) groups is 1. The average Bonchev–Trinajstić information content (AvgIpc) is 3.31. The van der Waals surface area contributed by atoms with Crippen LogP contribution in [-0.2, 0) is 11.3 Å². The zero-order valence-corrected chi connectivity index (χ0v) is 15.7. The molecule has 0 bridgehead atoms. The van der Waals surface area contributed by atoms with Crippen molar-refractivity contribution in [3.05, 3.63) is 70.9 Å². The van der Waals surface area contributed by atoms with Crippen LogP contribution in [0.4, 0.5) is 0 Å². The normalized spacial score (nSPS) is 10.9. The second-order valence-electron chi connectivity index (χ2n) is 5.97. The molecule has 0 fully saturated rings. The summed E-state index contributed by atoms with van der Waals surface area (Å²) in [6.45, 7) is 1.94. The number of ether oxygens (including phenoxy) is 2. The first-order valence-corrected chi connectivity index (χ1v) is 9.28. The summed E-state index contributed by atoms with van der Waals surface area (Å²) in [5.74, 6) is 0.500. The molecule has 27 heavy (non-hydrogen) atoms. The van der Waals surface area contributed by atoms with Gasteiger partial charge in [-0.1, -0.05) is 30.3 Å². The molecular weight excluding hydrogens is 362 g/mol. The van der Waals surface area contributed by atoms with E-state index in [0.29, 0.717) is 11.3 Å². The van der Waals surface area contributed by atoms with E-state index in [-0.39, 0.29) is 12.4 Å². The van der Waals surface area contributed by atoms with Crippen molar-refractivity contribution in [1.29, 1.82) is 0 Å². The molecule has 5 nitrogen and oxygen atoms in total. The van der Waals surface area contributed by atoms with Gasteiger partial charge in [0.15, 0.2) is 0 Å². The Kier molecular flexibility index (Phi) is 4.64. The molecule has 0 aliphatic carbocycles. The number of aryl methyl sites for hydroxylation is 1. The first-order valence-electron chi connectivity index (χ1n) is 8.40. The van der Waals surface area contributed by atoms with Gasteiger partial charge in [0.2, 0.25) is 5.76 Å². The lowest BCUT2D eigenvalue weighted by atomic mass is 10.1. The van der Waals surface area contributed by atoms with E-state index >= 15 is 0 Å². The third-order valence-electron chi connectivity index (χ3n) is 4.27. The van der Waals surface area contributed by atoms with Crippen LogP contribution in [0.3, 0.4) is 0 Å². The summed E-state index contributed by atoms with van der Waals surface area (Å²) >= 11 is 1.48. The quantitative estimate of drug-likeness (QED) is 0.444. The lowest BCUT2D eigenvalue weighted by Crippen LogP contribution is -2.05. The highest BCUT2D eigenvalue weighted by molar-refractivity contribution is 7.13. The monoisotopic (exact) mass is 379 g/mol. The van der Waals surface area contributed by atoms with Crippen molar-refractivity contribution in [3.63, 3.8) is 0 Å². The molecule has 0 atom stereocenters. The largest absolute Gasteiger partial charge is 0.496 e. The van der Waals surface area contributed by atoms with Crippen molar-refractivity contribution in [2.45, 2.75) is 13.5 Å². The van der Waals surface area contributed by atoms with Gasteiger partial charge in [-0.15, -0.1) is 11.3 Å². The number of methoxy groups -OCH3 is 1. The molecule has 0 saturated carbocycles. The third-order valence-corrected chi connectivity index (χ3v) is 5.19. The first kappa shape index (κ1) is 17.3. The third kappa shape index (κ3) is 3.31.